The Balaban J connectivity index is 1.64. The number of aromatic amines is 1. The predicted octanol–water partition coefficient (Wildman–Crippen LogP) is 2.45. The number of carbonyl (C=O) groups is 2. The van der Waals surface area contributed by atoms with Crippen molar-refractivity contribution in [2.75, 3.05) is 11.6 Å². The van der Waals surface area contributed by atoms with Gasteiger partial charge in [-0.05, 0) is 42.8 Å². The van der Waals surface area contributed by atoms with Gasteiger partial charge in [0.05, 0.1) is 22.7 Å². The molecule has 10 heteroatoms. The zero-order valence-electron chi connectivity index (χ0n) is 16.2. The number of H-pyrrole nitrogens is 1. The van der Waals surface area contributed by atoms with Crippen LogP contribution < -0.4 is 10.6 Å². The molecule has 0 spiro atoms. The standard InChI is InChI=1S/C20H19N5O4S/c1-11-17(19(26)23-14-5-8-16-13(9-14)10-21-25-16)18(24-20(27)22-11)12-3-6-15(7-4-12)30(2,28)29/h3-10,17-18H,1-2H3,(H,21,25)(H,23,26)(H,24,27). The van der Waals surface area contributed by atoms with E-state index in [1.807, 2.05) is 6.07 Å². The van der Waals surface area contributed by atoms with E-state index < -0.39 is 27.8 Å². The van der Waals surface area contributed by atoms with Gasteiger partial charge in [-0.2, -0.15) is 5.10 Å². The number of sulfone groups is 1. The lowest BCUT2D eigenvalue weighted by molar-refractivity contribution is -0.118. The Morgan fingerprint density at radius 2 is 1.87 bits per heavy atom. The SMILES string of the molecule is CC1=NC(=O)NC(c2ccc(S(C)(=O)=O)cc2)C1C(=O)Nc1ccc2[nH]ncc2c1. The summed E-state index contributed by atoms with van der Waals surface area (Å²) in [6.45, 7) is 1.63. The Hall–Kier alpha value is -3.53. The van der Waals surface area contributed by atoms with Gasteiger partial charge in [0.1, 0.15) is 5.92 Å². The van der Waals surface area contributed by atoms with Gasteiger partial charge in [-0.25, -0.2) is 18.2 Å². The highest BCUT2D eigenvalue weighted by molar-refractivity contribution is 7.90. The maximum Gasteiger partial charge on any atom is 0.341 e. The molecule has 2 aromatic carbocycles. The van der Waals surface area contributed by atoms with Crippen LogP contribution in [0.25, 0.3) is 10.9 Å². The molecule has 3 amide bonds. The Morgan fingerprint density at radius 1 is 1.13 bits per heavy atom. The number of benzene rings is 2. The van der Waals surface area contributed by atoms with Crippen LogP contribution in [-0.2, 0) is 14.6 Å². The van der Waals surface area contributed by atoms with Gasteiger partial charge in [-0.1, -0.05) is 12.1 Å². The van der Waals surface area contributed by atoms with Gasteiger partial charge in [0.25, 0.3) is 0 Å². The molecule has 1 aliphatic rings. The van der Waals surface area contributed by atoms with Gasteiger partial charge in [0.2, 0.25) is 5.91 Å². The maximum absolute atomic E-state index is 13.1. The lowest BCUT2D eigenvalue weighted by Gasteiger charge is -2.30. The highest BCUT2D eigenvalue weighted by Gasteiger charge is 2.37. The summed E-state index contributed by atoms with van der Waals surface area (Å²) in [6, 6.07) is 10.2. The molecule has 4 rings (SSSR count). The topological polar surface area (TPSA) is 133 Å². The number of nitrogens with one attached hydrogen (secondary N) is 3. The van der Waals surface area contributed by atoms with Crippen LogP contribution in [0.5, 0.6) is 0 Å². The van der Waals surface area contributed by atoms with Crippen molar-refractivity contribution in [1.29, 1.82) is 0 Å². The van der Waals surface area contributed by atoms with Crippen molar-refractivity contribution < 1.29 is 18.0 Å². The van der Waals surface area contributed by atoms with E-state index in [9.17, 15) is 18.0 Å². The largest absolute Gasteiger partial charge is 0.341 e. The van der Waals surface area contributed by atoms with E-state index in [1.165, 1.54) is 12.1 Å². The molecule has 0 aliphatic carbocycles. The number of rotatable bonds is 4. The molecule has 0 fully saturated rings. The van der Waals surface area contributed by atoms with Crippen molar-refractivity contribution in [1.82, 2.24) is 15.5 Å². The monoisotopic (exact) mass is 425 g/mol. The van der Waals surface area contributed by atoms with E-state index in [4.69, 9.17) is 0 Å². The molecule has 2 unspecified atom stereocenters. The van der Waals surface area contributed by atoms with Crippen LogP contribution in [0.15, 0.2) is 58.5 Å². The molecular weight excluding hydrogens is 406 g/mol. The molecule has 0 radical (unpaired) electrons. The van der Waals surface area contributed by atoms with Crippen molar-refractivity contribution >= 4 is 44.1 Å². The number of hydrogen-bond donors (Lipinski definition) is 3. The summed E-state index contributed by atoms with van der Waals surface area (Å²) in [4.78, 5) is 29.2. The Bertz CT molecular complexity index is 1280. The second-order valence-electron chi connectivity index (χ2n) is 7.16. The molecule has 0 saturated heterocycles. The molecule has 1 aliphatic heterocycles. The first-order valence-electron chi connectivity index (χ1n) is 9.12. The lowest BCUT2D eigenvalue weighted by Crippen LogP contribution is -2.45. The lowest BCUT2D eigenvalue weighted by atomic mass is 9.87. The summed E-state index contributed by atoms with van der Waals surface area (Å²) in [7, 11) is -3.35. The van der Waals surface area contributed by atoms with Gasteiger partial charge in [0, 0.05) is 23.0 Å². The molecular formula is C20H19N5O4S. The van der Waals surface area contributed by atoms with Crippen LogP contribution in [0, 0.1) is 5.92 Å². The molecule has 3 aromatic rings. The number of anilines is 1. The molecule has 0 saturated carbocycles. The van der Waals surface area contributed by atoms with Gasteiger partial charge in [-0.15, -0.1) is 0 Å². The van der Waals surface area contributed by atoms with Gasteiger partial charge in [0.15, 0.2) is 9.84 Å². The van der Waals surface area contributed by atoms with Crippen LogP contribution in [-0.4, -0.2) is 42.5 Å². The third kappa shape index (κ3) is 3.81. The highest BCUT2D eigenvalue weighted by Crippen LogP contribution is 2.29. The smallest absolute Gasteiger partial charge is 0.328 e. The van der Waals surface area contributed by atoms with Crippen LogP contribution in [0.2, 0.25) is 0 Å². The van der Waals surface area contributed by atoms with Crippen molar-refractivity contribution in [3.63, 3.8) is 0 Å². The third-order valence-corrected chi connectivity index (χ3v) is 6.13. The average Bonchev–Trinajstić information content (AvgIpc) is 3.14. The summed E-state index contributed by atoms with van der Waals surface area (Å²) in [6.07, 6.45) is 2.78. The average molecular weight is 425 g/mol. The molecule has 154 valence electrons. The van der Waals surface area contributed by atoms with Crippen LogP contribution in [0.3, 0.4) is 0 Å². The van der Waals surface area contributed by atoms with Crippen molar-refractivity contribution in [2.45, 2.75) is 17.9 Å². The van der Waals surface area contributed by atoms with E-state index in [1.54, 1.807) is 37.4 Å². The van der Waals surface area contributed by atoms with Crippen LogP contribution in [0.1, 0.15) is 18.5 Å². The molecule has 2 heterocycles. The van der Waals surface area contributed by atoms with E-state index in [0.717, 1.165) is 17.2 Å². The number of hydrogen-bond acceptors (Lipinski definition) is 5. The third-order valence-electron chi connectivity index (χ3n) is 5.00. The fraction of sp³-hybridized carbons (Fsp3) is 0.200. The number of carbonyl (C=O) groups excluding carboxylic acids is 2. The number of nitrogens with zero attached hydrogens (tertiary/aromatic N) is 2. The number of amides is 3. The molecule has 0 bridgehead atoms. The van der Waals surface area contributed by atoms with Crippen molar-refractivity contribution in [3.05, 3.63) is 54.2 Å². The van der Waals surface area contributed by atoms with E-state index >= 15 is 0 Å². The fourth-order valence-corrected chi connectivity index (χ4v) is 4.13. The predicted molar refractivity (Wildman–Crippen MR) is 112 cm³/mol. The van der Waals surface area contributed by atoms with Gasteiger partial charge in [-0.3, -0.25) is 9.89 Å². The normalized spacial score (nSPS) is 19.3. The molecule has 1 aromatic heterocycles. The summed E-state index contributed by atoms with van der Waals surface area (Å²) >= 11 is 0. The molecule has 9 nitrogen and oxygen atoms in total. The Morgan fingerprint density at radius 3 is 2.57 bits per heavy atom. The number of aromatic nitrogens is 2. The summed E-state index contributed by atoms with van der Waals surface area (Å²) in [5.41, 5.74) is 2.41. The first kappa shape index (κ1) is 19.8. The molecule has 3 N–H and O–H groups in total. The summed E-state index contributed by atoms with van der Waals surface area (Å²) < 4.78 is 23.4. The Labute approximate surface area is 172 Å². The minimum Gasteiger partial charge on any atom is -0.328 e. The van der Waals surface area contributed by atoms with E-state index in [-0.39, 0.29) is 10.8 Å². The fourth-order valence-electron chi connectivity index (χ4n) is 3.50. The zero-order valence-corrected chi connectivity index (χ0v) is 17.0. The molecule has 30 heavy (non-hydrogen) atoms. The molecule has 2 atom stereocenters. The first-order chi connectivity index (χ1) is 14.2. The Kier molecular flexibility index (Phi) is 4.86. The zero-order chi connectivity index (χ0) is 21.5. The quantitative estimate of drug-likeness (QED) is 0.590. The highest BCUT2D eigenvalue weighted by atomic mass is 32.2. The number of urea groups is 1. The first-order valence-corrected chi connectivity index (χ1v) is 11.0. The van der Waals surface area contributed by atoms with Crippen LogP contribution >= 0.6 is 0 Å². The van der Waals surface area contributed by atoms with Crippen LogP contribution in [0.4, 0.5) is 10.5 Å². The number of aliphatic imine (C=N–C) groups is 1. The number of fused-ring (bicyclic) bond motifs is 1. The minimum atomic E-state index is -3.35. The summed E-state index contributed by atoms with van der Waals surface area (Å²) in [5, 5.41) is 13.2. The van der Waals surface area contributed by atoms with Crippen molar-refractivity contribution in [2.24, 2.45) is 10.9 Å². The van der Waals surface area contributed by atoms with Gasteiger partial charge >= 0.3 is 6.03 Å². The maximum atomic E-state index is 13.1. The minimum absolute atomic E-state index is 0.160. The second-order valence-corrected chi connectivity index (χ2v) is 9.18. The second kappa shape index (κ2) is 7.38. The summed E-state index contributed by atoms with van der Waals surface area (Å²) in [5.74, 6) is -1.09. The van der Waals surface area contributed by atoms with E-state index in [0.29, 0.717) is 17.0 Å². The van der Waals surface area contributed by atoms with Gasteiger partial charge < -0.3 is 10.6 Å². The van der Waals surface area contributed by atoms with Crippen molar-refractivity contribution in [3.8, 4) is 0 Å². The van der Waals surface area contributed by atoms with E-state index in [2.05, 4.69) is 25.8 Å².